The number of hydrogen-bond donors (Lipinski definition) is 7. The molecular weight excluding hydrogens is 927 g/mol. The summed E-state index contributed by atoms with van der Waals surface area (Å²) in [4.78, 5) is 0. The van der Waals surface area contributed by atoms with Gasteiger partial charge < -0.3 is 55.4 Å². The second-order valence-electron chi connectivity index (χ2n) is 21.5. The molecule has 0 amide bonds. The van der Waals surface area contributed by atoms with E-state index in [0.717, 1.165) is 106 Å². The van der Waals surface area contributed by atoms with Crippen molar-refractivity contribution in [2.24, 2.45) is 23.5 Å². The quantitative estimate of drug-likeness (QED) is 0.0765. The Morgan fingerprint density at radius 2 is 1.78 bits per heavy atom. The van der Waals surface area contributed by atoms with Crippen LogP contribution in [-0.4, -0.2) is 68.3 Å². The average molecular weight is 992 g/mol. The number of nitrogens with zero attached hydrogens (tertiary/aromatic N) is 1. The van der Waals surface area contributed by atoms with Crippen molar-refractivity contribution >= 4 is 22.7 Å². The molecule has 0 spiro atoms. The Labute approximate surface area is 432 Å². The van der Waals surface area contributed by atoms with E-state index in [-0.39, 0.29) is 66.3 Å². The fourth-order valence-corrected chi connectivity index (χ4v) is 13.1. The van der Waals surface area contributed by atoms with Crippen LogP contribution in [0.5, 0.6) is 23.0 Å². The molecule has 2 aliphatic carbocycles. The van der Waals surface area contributed by atoms with Crippen LogP contribution in [0.3, 0.4) is 0 Å². The van der Waals surface area contributed by atoms with Crippen LogP contribution in [-0.2, 0) is 53.8 Å². The highest BCUT2D eigenvalue weighted by Gasteiger charge is 2.48. The number of fused-ring (bicyclic) bond motifs is 5. The minimum absolute atomic E-state index is 0.0362. The smallest absolute Gasteiger partial charge is 0.168 e. The summed E-state index contributed by atoms with van der Waals surface area (Å²) in [6.45, 7) is 1.49. The summed E-state index contributed by atoms with van der Waals surface area (Å²) >= 11 is 0. The molecule has 74 heavy (non-hydrogen) atoms. The predicted octanol–water partition coefficient (Wildman–Crippen LogP) is 9.44. The third kappa shape index (κ3) is 9.18. The molecule has 5 aliphatic heterocycles. The first-order chi connectivity index (χ1) is 36.1. The summed E-state index contributed by atoms with van der Waals surface area (Å²) in [6, 6.07) is 28.2. The second kappa shape index (κ2) is 20.2. The molecule has 7 atom stereocenters. The van der Waals surface area contributed by atoms with Crippen LogP contribution >= 0.6 is 0 Å². The third-order valence-electron chi connectivity index (χ3n) is 17.0. The molecule has 11 nitrogen and oxygen atoms in total. The van der Waals surface area contributed by atoms with E-state index in [1.165, 1.54) is 16.7 Å². The van der Waals surface area contributed by atoms with Gasteiger partial charge in [0, 0.05) is 76.6 Å². The number of nitrogens with one attached hydrogen (secondary N) is 1. The highest BCUT2D eigenvalue weighted by atomic mass is 16.5. The fourth-order valence-electron chi connectivity index (χ4n) is 13.1. The van der Waals surface area contributed by atoms with E-state index in [1.807, 2.05) is 36.4 Å². The number of aromatic nitrogens is 1. The Balaban J connectivity index is 0.969. The summed E-state index contributed by atoms with van der Waals surface area (Å²) in [6.07, 6.45) is 16.9. The standard InChI is InChI=1S/C63H65N3O8/c64-60-30-42-15-13-38(11-12-39-14-20-57(69)44(23-39)24-40-6-3-8-50(68)25-40)5-4-9-51-31-58(70)43-17-19-52-53(28-43)46(34-67)29-59(71)61(52)74-35-47-27-49(26-45-32-66(33-54(45)47)62(65-60)55(42)37-73-51)63-21-22-72-36-48(63)18-16-41-7-1-2-10-56(41)63/h1-3,6-8,10,14,17,19-20,23,25-27,29-30,32-33,38,43,48,51,58,60,65,67-71H,4-5,9,11-12,16,18,21-22,24,28,31,34-37,64H2. The summed E-state index contributed by atoms with van der Waals surface area (Å²) < 4.78 is 22.2. The molecule has 8 bridgehead atoms. The Hall–Kier alpha value is -6.78. The van der Waals surface area contributed by atoms with Crippen LogP contribution in [0.4, 0.5) is 0 Å². The highest BCUT2D eigenvalue weighted by molar-refractivity contribution is 5.89. The van der Waals surface area contributed by atoms with Crippen molar-refractivity contribution in [1.29, 1.82) is 0 Å². The van der Waals surface area contributed by atoms with Crippen molar-refractivity contribution in [2.45, 2.75) is 108 Å². The first-order valence-corrected chi connectivity index (χ1v) is 26.6. The van der Waals surface area contributed by atoms with E-state index in [1.54, 1.807) is 24.3 Å². The summed E-state index contributed by atoms with van der Waals surface area (Å²) in [5, 5.41) is 61.0. The molecular formula is C63H65N3O8. The van der Waals surface area contributed by atoms with Crippen molar-refractivity contribution in [1.82, 2.24) is 9.88 Å². The molecule has 0 saturated carbocycles. The number of ether oxygens (including phenoxy) is 3. The van der Waals surface area contributed by atoms with Gasteiger partial charge in [0.1, 0.15) is 23.9 Å². The zero-order chi connectivity index (χ0) is 50.5. The number of phenols is 3. The van der Waals surface area contributed by atoms with Gasteiger partial charge in [-0.25, -0.2) is 0 Å². The third-order valence-corrected chi connectivity index (χ3v) is 17.0. The van der Waals surface area contributed by atoms with Crippen LogP contribution < -0.4 is 15.8 Å². The normalized spacial score (nSPS) is 25.4. The molecule has 6 aromatic rings. The van der Waals surface area contributed by atoms with Gasteiger partial charge in [0.25, 0.3) is 0 Å². The first-order valence-electron chi connectivity index (χ1n) is 26.6. The molecule has 1 saturated heterocycles. The number of aliphatic hydroxyl groups excluding tert-OH is 2. The van der Waals surface area contributed by atoms with E-state index >= 15 is 0 Å². The van der Waals surface area contributed by atoms with Gasteiger partial charge in [-0.3, -0.25) is 0 Å². The highest BCUT2D eigenvalue weighted by Crippen LogP contribution is 2.52. The second-order valence-corrected chi connectivity index (χ2v) is 21.5. The maximum Gasteiger partial charge on any atom is 0.168 e. The van der Waals surface area contributed by atoms with E-state index in [9.17, 15) is 25.5 Å². The SMILES string of the molecule is NC1C=C2C#CC(CCc3ccc(O)c(Cc4cccc(O)c4)c3)CCCC3CC(O)C4C=Cc5c(c(CO)cc(O)c5OCc5cc(C67CCOCC6CCc6ccccc67)cc6cn(cc56)C(=C2CO3)N1)C4. The number of phenolic OH excluding ortho intramolecular Hbond substituents is 3. The monoisotopic (exact) mass is 991 g/mol. The molecule has 7 aliphatic rings. The number of aliphatic hydroxyl groups is 2. The van der Waals surface area contributed by atoms with Crippen molar-refractivity contribution in [3.8, 4) is 34.8 Å². The first kappa shape index (κ1) is 48.2. The van der Waals surface area contributed by atoms with Gasteiger partial charge in [-0.1, -0.05) is 78.6 Å². The molecule has 380 valence electrons. The number of dihydropyridines is 1. The molecule has 11 heteroatoms. The minimum atomic E-state index is -0.754. The fraction of sp³-hybridized carbons (Fsp3) is 0.365. The molecule has 8 N–H and O–H groups in total. The lowest BCUT2D eigenvalue weighted by Crippen LogP contribution is -2.47. The average Bonchev–Trinajstić information content (AvgIpc) is 3.84. The predicted molar refractivity (Wildman–Crippen MR) is 286 cm³/mol. The van der Waals surface area contributed by atoms with E-state index in [2.05, 4.69) is 76.6 Å². The maximum absolute atomic E-state index is 12.1. The van der Waals surface area contributed by atoms with Crippen LogP contribution in [0.2, 0.25) is 0 Å². The van der Waals surface area contributed by atoms with Gasteiger partial charge in [0.05, 0.1) is 38.2 Å². The van der Waals surface area contributed by atoms with Gasteiger partial charge >= 0.3 is 0 Å². The molecule has 1 aromatic heterocycles. The van der Waals surface area contributed by atoms with Crippen molar-refractivity contribution < 1.29 is 39.7 Å². The molecule has 0 radical (unpaired) electrons. The Morgan fingerprint density at radius 3 is 2.68 bits per heavy atom. The molecule has 1 fully saturated rings. The lowest BCUT2D eigenvalue weighted by Gasteiger charge is -2.49. The lowest BCUT2D eigenvalue weighted by atomic mass is 9.57. The van der Waals surface area contributed by atoms with Gasteiger partial charge in [-0.05, 0) is 150 Å². The molecule has 7 unspecified atom stereocenters. The maximum atomic E-state index is 12.1. The van der Waals surface area contributed by atoms with Crippen LogP contribution in [0.25, 0.3) is 22.7 Å². The number of aryl methyl sites for hydroxylation is 2. The van der Waals surface area contributed by atoms with Gasteiger partial charge in [-0.15, -0.1) is 0 Å². The van der Waals surface area contributed by atoms with Gasteiger partial charge in [-0.2, -0.15) is 0 Å². The lowest BCUT2D eigenvalue weighted by molar-refractivity contribution is 0.00497. The Bertz CT molecular complexity index is 3300. The van der Waals surface area contributed by atoms with Crippen LogP contribution in [0, 0.1) is 29.6 Å². The van der Waals surface area contributed by atoms with Gasteiger partial charge in [0.15, 0.2) is 11.5 Å². The van der Waals surface area contributed by atoms with Crippen molar-refractivity contribution in [2.75, 3.05) is 19.8 Å². The zero-order valence-electron chi connectivity index (χ0n) is 41.7. The summed E-state index contributed by atoms with van der Waals surface area (Å²) in [5.41, 5.74) is 18.3. The van der Waals surface area contributed by atoms with Crippen molar-refractivity contribution in [3.63, 3.8) is 0 Å². The number of hydrogen-bond acceptors (Lipinski definition) is 10. The Morgan fingerprint density at radius 1 is 0.878 bits per heavy atom. The van der Waals surface area contributed by atoms with E-state index < -0.39 is 12.3 Å². The van der Waals surface area contributed by atoms with E-state index in [0.29, 0.717) is 50.2 Å². The van der Waals surface area contributed by atoms with Crippen LogP contribution in [0.1, 0.15) is 101 Å². The minimum Gasteiger partial charge on any atom is -0.508 e. The Kier molecular flexibility index (Phi) is 13.1. The number of rotatable bonds is 7. The molecule has 5 aromatic carbocycles. The summed E-state index contributed by atoms with van der Waals surface area (Å²) in [7, 11) is 0. The topological polar surface area (TPSA) is 172 Å². The van der Waals surface area contributed by atoms with Crippen LogP contribution in [0.15, 0.2) is 121 Å². The summed E-state index contributed by atoms with van der Waals surface area (Å²) in [5.74, 6) is 8.93. The van der Waals surface area contributed by atoms with Crippen molar-refractivity contribution in [3.05, 3.63) is 176 Å². The molecule has 6 heterocycles. The van der Waals surface area contributed by atoms with E-state index in [4.69, 9.17) is 19.9 Å². The molecule has 13 rings (SSSR count). The van der Waals surface area contributed by atoms with Gasteiger partial charge in [0.2, 0.25) is 0 Å². The number of nitrogens with two attached hydrogens (primary N) is 1. The number of aromatic hydroxyl groups is 3. The zero-order valence-corrected chi connectivity index (χ0v) is 41.7. The largest absolute Gasteiger partial charge is 0.508 e. The number of benzene rings is 5.